The molecule has 0 aliphatic carbocycles. The number of anilines is 1. The lowest BCUT2D eigenvalue weighted by molar-refractivity contribution is 0.102. The molecule has 0 bridgehead atoms. The number of hydrogen-bond donors (Lipinski definition) is 1. The highest BCUT2D eigenvalue weighted by molar-refractivity contribution is 9.10. The van der Waals surface area contributed by atoms with Crippen molar-refractivity contribution in [1.29, 1.82) is 0 Å². The Balaban J connectivity index is 2.33. The first kappa shape index (κ1) is 14.9. The monoisotopic (exact) mass is 363 g/mol. The van der Waals surface area contributed by atoms with Crippen molar-refractivity contribution in [3.8, 4) is 0 Å². The van der Waals surface area contributed by atoms with Gasteiger partial charge in [0.25, 0.3) is 5.91 Å². The van der Waals surface area contributed by atoms with Gasteiger partial charge in [-0.1, -0.05) is 17.7 Å². The molecular weight excluding hydrogens is 358 g/mol. The normalized spacial score (nSPS) is 10.4. The fourth-order valence-corrected chi connectivity index (χ4v) is 2.07. The van der Waals surface area contributed by atoms with E-state index in [9.17, 15) is 18.0 Å². The molecule has 104 valence electrons. The number of halogens is 5. The number of benzene rings is 2. The summed E-state index contributed by atoms with van der Waals surface area (Å²) < 4.78 is 39.8. The van der Waals surface area contributed by atoms with E-state index in [2.05, 4.69) is 21.2 Å². The molecule has 0 aromatic heterocycles. The van der Waals surface area contributed by atoms with E-state index in [0.29, 0.717) is 4.47 Å². The Labute approximate surface area is 125 Å². The van der Waals surface area contributed by atoms with Crippen LogP contribution in [0.2, 0.25) is 5.02 Å². The van der Waals surface area contributed by atoms with Crippen molar-refractivity contribution in [2.24, 2.45) is 0 Å². The zero-order valence-electron chi connectivity index (χ0n) is 9.68. The standard InChI is InChI=1S/C13H6BrClF3NO/c14-7-3-1-2-6(10(7)15)13(20)19-9-5-4-8(16)11(17)12(9)18/h1-5H,(H,19,20). The molecule has 0 aliphatic rings. The Bertz CT molecular complexity index is 694. The Morgan fingerprint density at radius 1 is 1.10 bits per heavy atom. The fourth-order valence-electron chi connectivity index (χ4n) is 1.49. The van der Waals surface area contributed by atoms with E-state index in [1.807, 2.05) is 0 Å². The molecule has 0 fully saturated rings. The van der Waals surface area contributed by atoms with E-state index in [-0.39, 0.29) is 10.6 Å². The van der Waals surface area contributed by atoms with Crippen LogP contribution >= 0.6 is 27.5 Å². The number of hydrogen-bond acceptors (Lipinski definition) is 1. The van der Waals surface area contributed by atoms with Crippen LogP contribution in [0.1, 0.15) is 10.4 Å². The molecule has 0 atom stereocenters. The topological polar surface area (TPSA) is 29.1 Å². The van der Waals surface area contributed by atoms with Crippen LogP contribution in [-0.4, -0.2) is 5.91 Å². The highest BCUT2D eigenvalue weighted by Gasteiger charge is 2.18. The second kappa shape index (κ2) is 5.85. The lowest BCUT2D eigenvalue weighted by Crippen LogP contribution is -2.14. The van der Waals surface area contributed by atoms with Crippen molar-refractivity contribution < 1.29 is 18.0 Å². The largest absolute Gasteiger partial charge is 0.319 e. The lowest BCUT2D eigenvalue weighted by Gasteiger charge is -2.09. The Kier molecular flexibility index (Phi) is 4.35. The molecule has 0 saturated heterocycles. The molecule has 2 aromatic carbocycles. The summed E-state index contributed by atoms with van der Waals surface area (Å²) in [5.74, 6) is -5.19. The average Bonchev–Trinajstić information content (AvgIpc) is 2.42. The third-order valence-electron chi connectivity index (χ3n) is 2.48. The summed E-state index contributed by atoms with van der Waals surface area (Å²) in [4.78, 5) is 11.9. The van der Waals surface area contributed by atoms with Gasteiger partial charge in [-0.15, -0.1) is 0 Å². The first-order valence-corrected chi connectivity index (χ1v) is 6.47. The van der Waals surface area contributed by atoms with Crippen LogP contribution in [0.4, 0.5) is 18.9 Å². The van der Waals surface area contributed by atoms with Crippen molar-refractivity contribution in [2.45, 2.75) is 0 Å². The summed E-state index contributed by atoms with van der Waals surface area (Å²) in [7, 11) is 0. The Hall–Kier alpha value is -1.53. The van der Waals surface area contributed by atoms with Crippen LogP contribution in [0.15, 0.2) is 34.8 Å². The summed E-state index contributed by atoms with van der Waals surface area (Å²) in [6.45, 7) is 0. The summed E-state index contributed by atoms with van der Waals surface area (Å²) in [6.07, 6.45) is 0. The molecule has 0 radical (unpaired) electrons. The van der Waals surface area contributed by atoms with Crippen LogP contribution in [-0.2, 0) is 0 Å². The quantitative estimate of drug-likeness (QED) is 0.764. The third-order valence-corrected chi connectivity index (χ3v) is 3.78. The molecule has 7 heteroatoms. The third kappa shape index (κ3) is 2.81. The minimum Gasteiger partial charge on any atom is -0.319 e. The van der Waals surface area contributed by atoms with Gasteiger partial charge in [0, 0.05) is 4.47 Å². The number of carbonyl (C=O) groups excluding carboxylic acids is 1. The van der Waals surface area contributed by atoms with Gasteiger partial charge in [-0.05, 0) is 40.2 Å². The van der Waals surface area contributed by atoms with Crippen molar-refractivity contribution >= 4 is 39.1 Å². The number of nitrogens with one attached hydrogen (secondary N) is 1. The molecule has 2 rings (SSSR count). The molecule has 2 aromatic rings. The van der Waals surface area contributed by atoms with Gasteiger partial charge in [-0.3, -0.25) is 4.79 Å². The summed E-state index contributed by atoms with van der Waals surface area (Å²) >= 11 is 9.05. The molecule has 2 nitrogen and oxygen atoms in total. The zero-order valence-corrected chi connectivity index (χ0v) is 12.0. The minimum atomic E-state index is -1.65. The van der Waals surface area contributed by atoms with Gasteiger partial charge < -0.3 is 5.32 Å². The molecular formula is C13H6BrClF3NO. The maximum Gasteiger partial charge on any atom is 0.257 e. The molecule has 0 heterocycles. The maximum absolute atomic E-state index is 13.4. The molecule has 0 unspecified atom stereocenters. The van der Waals surface area contributed by atoms with Gasteiger partial charge in [-0.2, -0.15) is 0 Å². The van der Waals surface area contributed by atoms with Gasteiger partial charge in [0.2, 0.25) is 0 Å². The minimum absolute atomic E-state index is 0.0742. The fraction of sp³-hybridized carbons (Fsp3) is 0. The molecule has 0 spiro atoms. The summed E-state index contributed by atoms with van der Waals surface area (Å²) in [6, 6.07) is 6.25. The van der Waals surface area contributed by atoms with E-state index < -0.39 is 29.0 Å². The highest BCUT2D eigenvalue weighted by Crippen LogP contribution is 2.27. The van der Waals surface area contributed by atoms with E-state index in [0.717, 1.165) is 12.1 Å². The van der Waals surface area contributed by atoms with Gasteiger partial charge in [0.15, 0.2) is 17.5 Å². The predicted octanol–water partition coefficient (Wildman–Crippen LogP) is 4.77. The second-order valence-electron chi connectivity index (χ2n) is 3.78. The van der Waals surface area contributed by atoms with E-state index in [1.54, 1.807) is 12.1 Å². The van der Waals surface area contributed by atoms with Crippen molar-refractivity contribution in [3.63, 3.8) is 0 Å². The molecule has 20 heavy (non-hydrogen) atoms. The molecule has 0 saturated carbocycles. The van der Waals surface area contributed by atoms with Crippen molar-refractivity contribution in [1.82, 2.24) is 0 Å². The van der Waals surface area contributed by atoms with Gasteiger partial charge in [0.1, 0.15) is 0 Å². The van der Waals surface area contributed by atoms with E-state index in [1.165, 1.54) is 6.07 Å². The SMILES string of the molecule is O=C(Nc1ccc(F)c(F)c1F)c1cccc(Br)c1Cl. The van der Waals surface area contributed by atoms with E-state index in [4.69, 9.17) is 11.6 Å². The van der Waals surface area contributed by atoms with Crippen LogP contribution in [0.5, 0.6) is 0 Å². The van der Waals surface area contributed by atoms with Crippen LogP contribution < -0.4 is 5.32 Å². The van der Waals surface area contributed by atoms with Crippen molar-refractivity contribution in [2.75, 3.05) is 5.32 Å². The maximum atomic E-state index is 13.4. The summed E-state index contributed by atoms with van der Waals surface area (Å²) in [5, 5.41) is 2.27. The molecule has 0 aliphatic heterocycles. The molecule has 1 amide bonds. The smallest absolute Gasteiger partial charge is 0.257 e. The van der Waals surface area contributed by atoms with E-state index >= 15 is 0 Å². The van der Waals surface area contributed by atoms with Crippen LogP contribution in [0, 0.1) is 17.5 Å². The zero-order chi connectivity index (χ0) is 14.9. The lowest BCUT2D eigenvalue weighted by atomic mass is 10.2. The van der Waals surface area contributed by atoms with Crippen molar-refractivity contribution in [3.05, 3.63) is 62.8 Å². The van der Waals surface area contributed by atoms with Gasteiger partial charge in [0.05, 0.1) is 16.3 Å². The first-order chi connectivity index (χ1) is 9.41. The second-order valence-corrected chi connectivity index (χ2v) is 5.01. The van der Waals surface area contributed by atoms with Crippen LogP contribution in [0.3, 0.4) is 0 Å². The van der Waals surface area contributed by atoms with Crippen LogP contribution in [0.25, 0.3) is 0 Å². The first-order valence-electron chi connectivity index (χ1n) is 5.30. The Morgan fingerprint density at radius 3 is 2.50 bits per heavy atom. The molecule has 1 N–H and O–H groups in total. The number of rotatable bonds is 2. The highest BCUT2D eigenvalue weighted by atomic mass is 79.9. The summed E-state index contributed by atoms with van der Waals surface area (Å²) in [5.41, 5.74) is -0.393. The van der Waals surface area contributed by atoms with Gasteiger partial charge in [-0.25, -0.2) is 13.2 Å². The predicted molar refractivity (Wildman–Crippen MR) is 73.4 cm³/mol. The Morgan fingerprint density at radius 2 is 1.80 bits per heavy atom. The average molecular weight is 365 g/mol. The van der Waals surface area contributed by atoms with Gasteiger partial charge >= 0.3 is 0 Å². The number of amides is 1. The number of carbonyl (C=O) groups is 1.